The first kappa shape index (κ1) is 18.4. The van der Waals surface area contributed by atoms with Crippen LogP contribution in [0.15, 0.2) is 66.9 Å². The fourth-order valence-electron chi connectivity index (χ4n) is 3.52. The van der Waals surface area contributed by atoms with Crippen molar-refractivity contribution >= 4 is 29.1 Å². The van der Waals surface area contributed by atoms with Crippen molar-refractivity contribution in [3.05, 3.63) is 83.1 Å². The number of aromatic nitrogens is 2. The molecule has 1 aliphatic rings. The van der Waals surface area contributed by atoms with Crippen LogP contribution in [0.3, 0.4) is 0 Å². The number of hydrogen-bond acceptors (Lipinski definition) is 4. The molecular weight excluding hydrogens is 372 g/mol. The summed E-state index contributed by atoms with van der Waals surface area (Å²) in [6, 6.07) is 18.9. The van der Waals surface area contributed by atoms with E-state index >= 15 is 0 Å². The summed E-state index contributed by atoms with van der Waals surface area (Å²) < 4.78 is 0. The van der Waals surface area contributed by atoms with Gasteiger partial charge in [0.25, 0.3) is 5.91 Å². The quantitative estimate of drug-likeness (QED) is 0.686. The number of nitrogens with zero attached hydrogens (tertiary/aromatic N) is 3. The number of carbonyl (C=O) groups is 1. The lowest BCUT2D eigenvalue weighted by Gasteiger charge is -2.32. The molecule has 0 saturated carbocycles. The Morgan fingerprint density at radius 2 is 1.96 bits per heavy atom. The average Bonchev–Trinajstić information content (AvgIpc) is 2.74. The van der Waals surface area contributed by atoms with Gasteiger partial charge in [0, 0.05) is 41.5 Å². The maximum Gasteiger partial charge on any atom is 0.253 e. The van der Waals surface area contributed by atoms with Gasteiger partial charge >= 0.3 is 0 Å². The van der Waals surface area contributed by atoms with E-state index in [1.807, 2.05) is 53.4 Å². The summed E-state index contributed by atoms with van der Waals surface area (Å²) in [4.78, 5) is 23.8. The van der Waals surface area contributed by atoms with E-state index in [0.717, 1.165) is 30.8 Å². The molecule has 4 rings (SSSR count). The third kappa shape index (κ3) is 4.31. The summed E-state index contributed by atoms with van der Waals surface area (Å²) in [5.74, 6) is 0.780. The number of likely N-dealkylation sites (tertiary alicyclic amines) is 1. The lowest BCUT2D eigenvalue weighted by Crippen LogP contribution is -2.39. The van der Waals surface area contributed by atoms with Crippen LogP contribution in [0.5, 0.6) is 0 Å². The second-order valence-corrected chi connectivity index (χ2v) is 7.33. The first-order valence-corrected chi connectivity index (χ1v) is 9.77. The van der Waals surface area contributed by atoms with Crippen LogP contribution in [0.4, 0.5) is 11.6 Å². The van der Waals surface area contributed by atoms with Gasteiger partial charge in [-0.2, -0.15) is 0 Å². The SMILES string of the molecule is O=C(c1cccc(Cl)c1)N1CCC[C@@H](c2ccnc(Nc3ccccc3)n2)C1. The first-order valence-electron chi connectivity index (χ1n) is 9.39. The highest BCUT2D eigenvalue weighted by Gasteiger charge is 2.26. The Morgan fingerprint density at radius 3 is 2.79 bits per heavy atom. The second-order valence-electron chi connectivity index (χ2n) is 6.90. The Bertz CT molecular complexity index is 964. The molecule has 0 bridgehead atoms. The highest BCUT2D eigenvalue weighted by molar-refractivity contribution is 6.30. The molecule has 1 aromatic heterocycles. The van der Waals surface area contributed by atoms with E-state index in [-0.39, 0.29) is 11.8 Å². The van der Waals surface area contributed by atoms with Crippen LogP contribution in [0.2, 0.25) is 5.02 Å². The van der Waals surface area contributed by atoms with Crippen LogP contribution in [0, 0.1) is 0 Å². The predicted molar refractivity (Wildman–Crippen MR) is 111 cm³/mol. The molecule has 1 saturated heterocycles. The lowest BCUT2D eigenvalue weighted by molar-refractivity contribution is 0.0706. The maximum atomic E-state index is 12.9. The second kappa shape index (κ2) is 8.40. The maximum absolute atomic E-state index is 12.9. The van der Waals surface area contributed by atoms with Crippen LogP contribution in [0.25, 0.3) is 0 Å². The van der Waals surface area contributed by atoms with Gasteiger partial charge in [-0.15, -0.1) is 0 Å². The van der Waals surface area contributed by atoms with E-state index in [0.29, 0.717) is 23.1 Å². The van der Waals surface area contributed by atoms with E-state index in [9.17, 15) is 4.79 Å². The minimum Gasteiger partial charge on any atom is -0.338 e. The summed E-state index contributed by atoms with van der Waals surface area (Å²) in [6.45, 7) is 1.40. The number of halogens is 1. The number of benzene rings is 2. The molecule has 0 aliphatic carbocycles. The van der Waals surface area contributed by atoms with E-state index in [4.69, 9.17) is 16.6 Å². The van der Waals surface area contributed by atoms with Crippen LogP contribution < -0.4 is 5.32 Å². The van der Waals surface area contributed by atoms with Crippen molar-refractivity contribution in [3.8, 4) is 0 Å². The highest BCUT2D eigenvalue weighted by atomic mass is 35.5. The molecule has 3 aromatic rings. The fourth-order valence-corrected chi connectivity index (χ4v) is 3.71. The number of nitrogens with one attached hydrogen (secondary N) is 1. The monoisotopic (exact) mass is 392 g/mol. The number of hydrogen-bond donors (Lipinski definition) is 1. The molecule has 0 spiro atoms. The van der Waals surface area contributed by atoms with E-state index in [2.05, 4.69) is 10.3 Å². The molecule has 6 heteroatoms. The minimum atomic E-state index is 0.0175. The topological polar surface area (TPSA) is 58.1 Å². The van der Waals surface area contributed by atoms with Crippen LogP contribution >= 0.6 is 11.6 Å². The zero-order valence-corrected chi connectivity index (χ0v) is 16.1. The van der Waals surface area contributed by atoms with Crippen molar-refractivity contribution < 1.29 is 4.79 Å². The van der Waals surface area contributed by atoms with Gasteiger partial charge < -0.3 is 10.2 Å². The summed E-state index contributed by atoms with van der Waals surface area (Å²) in [5, 5.41) is 3.81. The van der Waals surface area contributed by atoms with Gasteiger partial charge in [0.1, 0.15) is 0 Å². The van der Waals surface area contributed by atoms with Crippen molar-refractivity contribution in [1.82, 2.24) is 14.9 Å². The molecule has 0 radical (unpaired) electrons. The molecule has 2 heterocycles. The third-order valence-electron chi connectivity index (χ3n) is 4.91. The Hall–Kier alpha value is -2.92. The molecule has 0 unspecified atom stereocenters. The number of amides is 1. The molecule has 1 fully saturated rings. The molecule has 1 N–H and O–H groups in total. The summed E-state index contributed by atoms with van der Waals surface area (Å²) >= 11 is 6.04. The Labute approximate surface area is 169 Å². The fraction of sp³-hybridized carbons (Fsp3) is 0.227. The molecule has 2 aromatic carbocycles. The van der Waals surface area contributed by atoms with Crippen LogP contribution in [-0.2, 0) is 0 Å². The summed E-state index contributed by atoms with van der Waals surface area (Å²) in [6.07, 6.45) is 3.72. The molecule has 5 nitrogen and oxygen atoms in total. The first-order chi connectivity index (χ1) is 13.7. The van der Waals surface area contributed by atoms with Crippen LogP contribution in [-0.4, -0.2) is 33.9 Å². The van der Waals surface area contributed by atoms with Gasteiger partial charge in [0.05, 0.1) is 5.69 Å². The normalized spacial score (nSPS) is 16.6. The van der Waals surface area contributed by atoms with Gasteiger partial charge in [-0.1, -0.05) is 35.9 Å². The molecule has 1 atom stereocenters. The third-order valence-corrected chi connectivity index (χ3v) is 5.14. The smallest absolute Gasteiger partial charge is 0.253 e. The van der Waals surface area contributed by atoms with Gasteiger partial charge in [0.2, 0.25) is 5.95 Å². The molecular formula is C22H21ClN4O. The molecule has 1 amide bonds. The Balaban J connectivity index is 1.48. The Kier molecular flexibility index (Phi) is 5.53. The van der Waals surface area contributed by atoms with Crippen molar-refractivity contribution in [2.45, 2.75) is 18.8 Å². The number of anilines is 2. The highest BCUT2D eigenvalue weighted by Crippen LogP contribution is 2.27. The zero-order valence-electron chi connectivity index (χ0n) is 15.4. The number of para-hydroxylation sites is 1. The van der Waals surface area contributed by atoms with Crippen molar-refractivity contribution in [1.29, 1.82) is 0 Å². The number of piperidine rings is 1. The van der Waals surface area contributed by atoms with Gasteiger partial charge in [-0.25, -0.2) is 9.97 Å². The lowest BCUT2D eigenvalue weighted by atomic mass is 9.94. The van der Waals surface area contributed by atoms with E-state index < -0.39 is 0 Å². The summed E-state index contributed by atoms with van der Waals surface area (Å²) in [7, 11) is 0. The van der Waals surface area contributed by atoms with Crippen LogP contribution in [0.1, 0.15) is 34.8 Å². The molecule has 1 aliphatic heterocycles. The predicted octanol–water partition coefficient (Wildman–Crippen LogP) is 4.89. The largest absolute Gasteiger partial charge is 0.338 e. The van der Waals surface area contributed by atoms with Gasteiger partial charge in [0.15, 0.2) is 0 Å². The van der Waals surface area contributed by atoms with E-state index in [1.165, 1.54) is 0 Å². The summed E-state index contributed by atoms with van der Waals surface area (Å²) in [5.41, 5.74) is 2.53. The van der Waals surface area contributed by atoms with Crippen molar-refractivity contribution in [3.63, 3.8) is 0 Å². The Morgan fingerprint density at radius 1 is 1.11 bits per heavy atom. The van der Waals surface area contributed by atoms with E-state index in [1.54, 1.807) is 18.3 Å². The standard InChI is InChI=1S/C22H21ClN4O/c23-18-8-4-6-16(14-18)21(28)27-13-5-7-17(15-27)20-11-12-24-22(26-20)25-19-9-2-1-3-10-19/h1-4,6,8-12,14,17H,5,7,13,15H2,(H,24,25,26)/t17-/m1/s1. The average molecular weight is 393 g/mol. The number of rotatable bonds is 4. The van der Waals surface area contributed by atoms with Gasteiger partial charge in [-0.05, 0) is 49.2 Å². The van der Waals surface area contributed by atoms with Crippen molar-refractivity contribution in [2.75, 3.05) is 18.4 Å². The van der Waals surface area contributed by atoms with Gasteiger partial charge in [-0.3, -0.25) is 4.79 Å². The zero-order chi connectivity index (χ0) is 19.3. The molecule has 142 valence electrons. The minimum absolute atomic E-state index is 0.0175. The number of carbonyl (C=O) groups excluding carboxylic acids is 1. The van der Waals surface area contributed by atoms with Crippen molar-refractivity contribution in [2.24, 2.45) is 0 Å². The molecule has 28 heavy (non-hydrogen) atoms.